The van der Waals surface area contributed by atoms with Crippen LogP contribution in [0.15, 0.2) is 12.3 Å². The van der Waals surface area contributed by atoms with Crippen LogP contribution in [0.4, 0.5) is 5.95 Å². The number of carbonyl (C=O) groups excluding carboxylic acids is 1. The monoisotopic (exact) mass is 266 g/mol. The minimum absolute atomic E-state index is 0.174. The fourth-order valence-electron chi connectivity index (χ4n) is 1.64. The zero-order valence-corrected chi connectivity index (χ0v) is 11.8. The molecule has 1 aromatic rings. The Labute approximate surface area is 114 Å². The van der Waals surface area contributed by atoms with Gasteiger partial charge >= 0.3 is 0 Å². The highest BCUT2D eigenvalue weighted by atomic mass is 16.5. The van der Waals surface area contributed by atoms with Gasteiger partial charge in [-0.25, -0.2) is 9.97 Å². The Hall–Kier alpha value is -1.69. The molecule has 6 nitrogen and oxygen atoms in total. The van der Waals surface area contributed by atoms with Gasteiger partial charge in [0.1, 0.15) is 5.69 Å². The lowest BCUT2D eigenvalue weighted by Gasteiger charge is -2.18. The van der Waals surface area contributed by atoms with Gasteiger partial charge in [0, 0.05) is 39.5 Å². The maximum atomic E-state index is 11.9. The van der Waals surface area contributed by atoms with Crippen molar-refractivity contribution in [1.82, 2.24) is 15.3 Å². The number of methoxy groups -OCH3 is 1. The number of amides is 1. The molecule has 1 aromatic heterocycles. The molecule has 0 saturated heterocycles. The molecule has 0 aliphatic heterocycles. The summed E-state index contributed by atoms with van der Waals surface area (Å²) in [5.74, 6) is 0.418. The number of rotatable bonds is 8. The van der Waals surface area contributed by atoms with Gasteiger partial charge in [0.05, 0.1) is 0 Å². The van der Waals surface area contributed by atoms with Crippen molar-refractivity contribution in [3.63, 3.8) is 0 Å². The normalized spacial score (nSPS) is 10.3. The summed E-state index contributed by atoms with van der Waals surface area (Å²) in [6.45, 7) is 6.91. The van der Waals surface area contributed by atoms with E-state index < -0.39 is 0 Å². The molecular weight excluding hydrogens is 244 g/mol. The Balaban J connectivity index is 2.62. The summed E-state index contributed by atoms with van der Waals surface area (Å²) >= 11 is 0. The van der Waals surface area contributed by atoms with Crippen LogP contribution in [0.1, 0.15) is 30.8 Å². The van der Waals surface area contributed by atoms with Gasteiger partial charge in [-0.15, -0.1) is 0 Å². The predicted octanol–water partition coefficient (Wildman–Crippen LogP) is 1.09. The molecule has 0 aliphatic rings. The van der Waals surface area contributed by atoms with E-state index in [-0.39, 0.29) is 5.91 Å². The molecule has 1 amide bonds. The van der Waals surface area contributed by atoms with Crippen molar-refractivity contribution in [2.75, 3.05) is 38.3 Å². The minimum Gasteiger partial charge on any atom is -0.385 e. The summed E-state index contributed by atoms with van der Waals surface area (Å²) in [6.07, 6.45) is 2.40. The Bertz CT molecular complexity index is 394. The average Bonchev–Trinajstić information content (AvgIpc) is 2.45. The van der Waals surface area contributed by atoms with E-state index in [4.69, 9.17) is 4.74 Å². The van der Waals surface area contributed by atoms with Crippen LogP contribution in [0, 0.1) is 0 Å². The molecule has 106 valence electrons. The van der Waals surface area contributed by atoms with E-state index in [0.29, 0.717) is 24.8 Å². The van der Waals surface area contributed by atoms with Crippen molar-refractivity contribution in [3.8, 4) is 0 Å². The van der Waals surface area contributed by atoms with Gasteiger partial charge in [0.15, 0.2) is 0 Å². The number of anilines is 1. The predicted molar refractivity (Wildman–Crippen MR) is 74.4 cm³/mol. The average molecular weight is 266 g/mol. The SMILES string of the molecule is CCN(CC)c1nccc(C(=O)NCCCOC)n1. The van der Waals surface area contributed by atoms with Crippen molar-refractivity contribution in [2.24, 2.45) is 0 Å². The number of nitrogens with zero attached hydrogens (tertiary/aromatic N) is 3. The van der Waals surface area contributed by atoms with Crippen molar-refractivity contribution >= 4 is 11.9 Å². The Morgan fingerprint density at radius 3 is 2.79 bits per heavy atom. The molecule has 6 heteroatoms. The molecule has 1 heterocycles. The molecule has 0 aromatic carbocycles. The van der Waals surface area contributed by atoms with E-state index in [1.54, 1.807) is 19.4 Å². The third kappa shape index (κ3) is 4.82. The summed E-state index contributed by atoms with van der Waals surface area (Å²) in [5, 5.41) is 2.81. The lowest BCUT2D eigenvalue weighted by molar-refractivity contribution is 0.0943. The third-order valence-electron chi connectivity index (χ3n) is 2.73. The van der Waals surface area contributed by atoms with E-state index in [2.05, 4.69) is 15.3 Å². The first-order chi connectivity index (χ1) is 9.22. The zero-order chi connectivity index (χ0) is 14.1. The highest BCUT2D eigenvalue weighted by Crippen LogP contribution is 2.06. The van der Waals surface area contributed by atoms with Gasteiger partial charge in [0.25, 0.3) is 5.91 Å². The second-order valence-corrected chi connectivity index (χ2v) is 4.02. The maximum absolute atomic E-state index is 11.9. The lowest BCUT2D eigenvalue weighted by Crippen LogP contribution is -2.28. The summed E-state index contributed by atoms with van der Waals surface area (Å²) in [5.41, 5.74) is 0.398. The highest BCUT2D eigenvalue weighted by Gasteiger charge is 2.10. The van der Waals surface area contributed by atoms with Crippen LogP contribution in [-0.4, -0.2) is 49.2 Å². The van der Waals surface area contributed by atoms with Crippen molar-refractivity contribution in [3.05, 3.63) is 18.0 Å². The molecule has 1 rings (SSSR count). The van der Waals surface area contributed by atoms with Gasteiger partial charge < -0.3 is 15.0 Å². The number of hydrogen-bond donors (Lipinski definition) is 1. The molecular formula is C13H22N4O2. The first-order valence-electron chi connectivity index (χ1n) is 6.58. The van der Waals surface area contributed by atoms with E-state index >= 15 is 0 Å². The largest absolute Gasteiger partial charge is 0.385 e. The van der Waals surface area contributed by atoms with Gasteiger partial charge in [0.2, 0.25) is 5.95 Å². The van der Waals surface area contributed by atoms with Gasteiger partial charge in [-0.2, -0.15) is 0 Å². The van der Waals surface area contributed by atoms with Crippen molar-refractivity contribution in [2.45, 2.75) is 20.3 Å². The number of ether oxygens (including phenoxy) is 1. The standard InChI is InChI=1S/C13H22N4O2/c1-4-17(5-2)13-15-9-7-11(16-13)12(18)14-8-6-10-19-3/h7,9H,4-6,8,10H2,1-3H3,(H,14,18). The fraction of sp³-hybridized carbons (Fsp3) is 0.615. The third-order valence-corrected chi connectivity index (χ3v) is 2.73. The van der Waals surface area contributed by atoms with Crippen molar-refractivity contribution < 1.29 is 9.53 Å². The first kappa shape index (κ1) is 15.4. The Morgan fingerprint density at radius 2 is 2.16 bits per heavy atom. The smallest absolute Gasteiger partial charge is 0.270 e. The molecule has 0 fully saturated rings. The molecule has 0 unspecified atom stereocenters. The fourth-order valence-corrected chi connectivity index (χ4v) is 1.64. The second-order valence-electron chi connectivity index (χ2n) is 4.02. The quantitative estimate of drug-likeness (QED) is 0.713. The molecule has 0 atom stereocenters. The van der Waals surface area contributed by atoms with Crippen molar-refractivity contribution in [1.29, 1.82) is 0 Å². The summed E-state index contributed by atoms with van der Waals surface area (Å²) < 4.78 is 4.93. The number of hydrogen-bond acceptors (Lipinski definition) is 5. The van der Waals surface area contributed by atoms with Gasteiger partial charge in [-0.1, -0.05) is 0 Å². The minimum atomic E-state index is -0.174. The van der Waals surface area contributed by atoms with E-state index in [9.17, 15) is 4.79 Å². The number of aromatic nitrogens is 2. The number of nitrogens with one attached hydrogen (secondary N) is 1. The number of carbonyl (C=O) groups is 1. The Kier molecular flexibility index (Phi) is 6.81. The first-order valence-corrected chi connectivity index (χ1v) is 6.58. The van der Waals surface area contributed by atoms with Crippen LogP contribution in [0.2, 0.25) is 0 Å². The zero-order valence-electron chi connectivity index (χ0n) is 11.8. The molecule has 0 saturated carbocycles. The van der Waals surface area contributed by atoms with Crippen LogP contribution >= 0.6 is 0 Å². The molecule has 0 radical (unpaired) electrons. The summed E-state index contributed by atoms with van der Waals surface area (Å²) in [7, 11) is 1.64. The molecule has 0 aliphatic carbocycles. The van der Waals surface area contributed by atoms with Crippen LogP contribution in [0.3, 0.4) is 0 Å². The summed E-state index contributed by atoms with van der Waals surface area (Å²) in [6, 6.07) is 1.62. The molecule has 0 spiro atoms. The van der Waals surface area contributed by atoms with Crippen LogP contribution in [0.25, 0.3) is 0 Å². The van der Waals surface area contributed by atoms with Crippen LogP contribution in [0.5, 0.6) is 0 Å². The molecule has 1 N–H and O–H groups in total. The van der Waals surface area contributed by atoms with E-state index in [1.165, 1.54) is 0 Å². The van der Waals surface area contributed by atoms with E-state index in [1.807, 2.05) is 18.7 Å². The van der Waals surface area contributed by atoms with E-state index in [0.717, 1.165) is 19.5 Å². The Morgan fingerprint density at radius 1 is 1.42 bits per heavy atom. The molecule has 19 heavy (non-hydrogen) atoms. The van der Waals surface area contributed by atoms with Crippen LogP contribution in [-0.2, 0) is 4.74 Å². The molecule has 0 bridgehead atoms. The lowest BCUT2D eigenvalue weighted by atomic mass is 10.3. The maximum Gasteiger partial charge on any atom is 0.270 e. The topological polar surface area (TPSA) is 67.4 Å². The van der Waals surface area contributed by atoms with Crippen LogP contribution < -0.4 is 10.2 Å². The van der Waals surface area contributed by atoms with Gasteiger partial charge in [-0.3, -0.25) is 4.79 Å². The summed E-state index contributed by atoms with van der Waals surface area (Å²) in [4.78, 5) is 22.4. The highest BCUT2D eigenvalue weighted by molar-refractivity contribution is 5.92. The second kappa shape index (κ2) is 8.42. The van der Waals surface area contributed by atoms with Gasteiger partial charge in [-0.05, 0) is 26.3 Å².